The average molecular weight is 362 g/mol. The number of rotatable bonds is 3. The summed E-state index contributed by atoms with van der Waals surface area (Å²) in [5, 5.41) is 2.21. The first kappa shape index (κ1) is 18.0. The van der Waals surface area contributed by atoms with Crippen LogP contribution in [0.15, 0.2) is 36.4 Å². The summed E-state index contributed by atoms with van der Waals surface area (Å²) < 4.78 is 40.2. The molecule has 1 N–H and O–H groups in total. The summed E-state index contributed by atoms with van der Waals surface area (Å²) in [5.41, 5.74) is 1.34. The molecule has 26 heavy (non-hydrogen) atoms. The molecule has 1 aliphatic heterocycles. The fraction of sp³-hybridized carbons (Fsp3) is 0.263. The molecule has 2 atom stereocenters. The number of hydrogen-bond acceptors (Lipinski definition) is 2. The predicted octanol–water partition coefficient (Wildman–Crippen LogP) is 3.22. The van der Waals surface area contributed by atoms with E-state index < -0.39 is 46.8 Å². The standard InChI is InChI=1S/C19H17F3N2O2/c1-10-3-5-11(6-4-10)12-9-24(2)19(26)15(12)18(25)23-14-8-7-13(20)16(21)17(14)22/h3-8,12,15H,9H2,1-2H3,(H,23,25)/t12-,15+/m1/s1. The Morgan fingerprint density at radius 1 is 1.08 bits per heavy atom. The van der Waals surface area contributed by atoms with Gasteiger partial charge in [-0.3, -0.25) is 9.59 Å². The van der Waals surface area contributed by atoms with Gasteiger partial charge < -0.3 is 10.2 Å². The first-order valence-electron chi connectivity index (χ1n) is 8.05. The molecule has 1 heterocycles. The molecule has 1 fully saturated rings. The van der Waals surface area contributed by atoms with Crippen LogP contribution in [-0.4, -0.2) is 30.3 Å². The highest BCUT2D eigenvalue weighted by molar-refractivity contribution is 6.08. The zero-order valence-electron chi connectivity index (χ0n) is 14.2. The Kier molecular flexibility index (Phi) is 4.71. The monoisotopic (exact) mass is 362 g/mol. The van der Waals surface area contributed by atoms with Crippen molar-refractivity contribution in [3.8, 4) is 0 Å². The lowest BCUT2D eigenvalue weighted by Gasteiger charge is -2.17. The van der Waals surface area contributed by atoms with Crippen molar-refractivity contribution in [2.75, 3.05) is 18.9 Å². The van der Waals surface area contributed by atoms with E-state index in [2.05, 4.69) is 5.32 Å². The highest BCUT2D eigenvalue weighted by Gasteiger charge is 2.44. The largest absolute Gasteiger partial charge is 0.344 e. The molecule has 0 saturated carbocycles. The molecular formula is C19H17F3N2O2. The van der Waals surface area contributed by atoms with Crippen LogP contribution in [-0.2, 0) is 9.59 Å². The normalized spacial score (nSPS) is 19.7. The van der Waals surface area contributed by atoms with Gasteiger partial charge in [0, 0.05) is 19.5 Å². The molecule has 7 heteroatoms. The molecule has 4 nitrogen and oxygen atoms in total. The van der Waals surface area contributed by atoms with Gasteiger partial charge in [0.25, 0.3) is 0 Å². The molecule has 0 aliphatic carbocycles. The lowest BCUT2D eigenvalue weighted by atomic mass is 9.87. The highest BCUT2D eigenvalue weighted by atomic mass is 19.2. The Labute approximate surface area is 148 Å². The van der Waals surface area contributed by atoms with Crippen molar-refractivity contribution < 1.29 is 22.8 Å². The van der Waals surface area contributed by atoms with Gasteiger partial charge in [-0.25, -0.2) is 13.2 Å². The number of carbonyl (C=O) groups is 2. The number of carbonyl (C=O) groups excluding carboxylic acids is 2. The van der Waals surface area contributed by atoms with Crippen LogP contribution in [0.25, 0.3) is 0 Å². The second-order valence-electron chi connectivity index (χ2n) is 6.43. The molecule has 2 amide bonds. The smallest absolute Gasteiger partial charge is 0.237 e. The summed E-state index contributed by atoms with van der Waals surface area (Å²) in [4.78, 5) is 26.5. The van der Waals surface area contributed by atoms with E-state index in [4.69, 9.17) is 0 Å². The summed E-state index contributed by atoms with van der Waals surface area (Å²) in [7, 11) is 1.58. The van der Waals surface area contributed by atoms with Gasteiger partial charge in [0.05, 0.1) is 5.69 Å². The van der Waals surface area contributed by atoms with Gasteiger partial charge in [0.2, 0.25) is 11.8 Å². The summed E-state index contributed by atoms with van der Waals surface area (Å²) in [5.74, 6) is -7.17. The van der Waals surface area contributed by atoms with Gasteiger partial charge in [0.1, 0.15) is 5.92 Å². The van der Waals surface area contributed by atoms with Gasteiger partial charge in [-0.15, -0.1) is 0 Å². The van der Waals surface area contributed by atoms with E-state index in [1.165, 1.54) is 4.90 Å². The number of benzene rings is 2. The van der Waals surface area contributed by atoms with E-state index in [-0.39, 0.29) is 0 Å². The fourth-order valence-corrected chi connectivity index (χ4v) is 3.14. The Bertz CT molecular complexity index is 868. The molecule has 0 aromatic heterocycles. The Morgan fingerprint density at radius 3 is 2.38 bits per heavy atom. The lowest BCUT2D eigenvalue weighted by molar-refractivity contribution is -0.135. The topological polar surface area (TPSA) is 49.4 Å². The van der Waals surface area contributed by atoms with E-state index in [9.17, 15) is 22.8 Å². The van der Waals surface area contributed by atoms with Crippen molar-refractivity contribution in [3.63, 3.8) is 0 Å². The van der Waals surface area contributed by atoms with Crippen molar-refractivity contribution in [2.45, 2.75) is 12.8 Å². The second kappa shape index (κ2) is 6.82. The minimum absolute atomic E-state index is 0.334. The molecule has 1 aliphatic rings. The fourth-order valence-electron chi connectivity index (χ4n) is 3.14. The van der Waals surface area contributed by atoms with Crippen molar-refractivity contribution in [3.05, 3.63) is 65.0 Å². The van der Waals surface area contributed by atoms with Gasteiger partial charge in [-0.05, 0) is 24.6 Å². The number of nitrogens with one attached hydrogen (secondary N) is 1. The SMILES string of the molecule is Cc1ccc([C@H]2CN(C)C(=O)[C@@H]2C(=O)Nc2ccc(F)c(F)c2F)cc1. The number of anilines is 1. The van der Waals surface area contributed by atoms with Crippen LogP contribution in [0.3, 0.4) is 0 Å². The molecule has 0 spiro atoms. The maximum Gasteiger partial charge on any atom is 0.237 e. The number of halogens is 3. The van der Waals surface area contributed by atoms with Crippen LogP contribution < -0.4 is 5.32 Å². The van der Waals surface area contributed by atoms with Crippen LogP contribution >= 0.6 is 0 Å². The number of amides is 2. The Morgan fingerprint density at radius 2 is 1.73 bits per heavy atom. The van der Waals surface area contributed by atoms with Crippen LogP contribution in [0.5, 0.6) is 0 Å². The Balaban J connectivity index is 1.89. The molecule has 0 bridgehead atoms. The zero-order chi connectivity index (χ0) is 19.0. The van der Waals surface area contributed by atoms with Crippen molar-refractivity contribution in [2.24, 2.45) is 5.92 Å². The van der Waals surface area contributed by atoms with Crippen molar-refractivity contribution >= 4 is 17.5 Å². The third-order valence-electron chi connectivity index (χ3n) is 4.60. The maximum absolute atomic E-state index is 13.8. The first-order chi connectivity index (χ1) is 12.3. The van der Waals surface area contributed by atoms with Gasteiger partial charge in [0.15, 0.2) is 17.5 Å². The molecule has 0 radical (unpaired) electrons. The highest BCUT2D eigenvalue weighted by Crippen LogP contribution is 2.34. The van der Waals surface area contributed by atoms with E-state index >= 15 is 0 Å². The van der Waals surface area contributed by atoms with Gasteiger partial charge in [-0.2, -0.15) is 0 Å². The number of likely N-dealkylation sites (tertiary alicyclic amines) is 1. The van der Waals surface area contributed by atoms with Crippen LogP contribution in [0.2, 0.25) is 0 Å². The summed E-state index contributed by atoms with van der Waals surface area (Å²) >= 11 is 0. The first-order valence-corrected chi connectivity index (χ1v) is 8.05. The number of likely N-dealkylation sites (N-methyl/N-ethyl adjacent to an activating group) is 1. The molecule has 1 saturated heterocycles. The van der Waals surface area contributed by atoms with Gasteiger partial charge >= 0.3 is 0 Å². The van der Waals surface area contributed by atoms with Crippen LogP contribution in [0.1, 0.15) is 17.0 Å². The quantitative estimate of drug-likeness (QED) is 0.673. The molecule has 2 aromatic carbocycles. The Hall–Kier alpha value is -2.83. The van der Waals surface area contributed by atoms with E-state index in [0.717, 1.165) is 17.2 Å². The molecular weight excluding hydrogens is 345 g/mol. The second-order valence-corrected chi connectivity index (χ2v) is 6.43. The summed E-state index contributed by atoms with van der Waals surface area (Å²) in [6.45, 7) is 2.26. The maximum atomic E-state index is 13.8. The average Bonchev–Trinajstić information content (AvgIpc) is 2.91. The number of nitrogens with zero attached hydrogens (tertiary/aromatic N) is 1. The molecule has 2 aromatic rings. The number of aryl methyl sites for hydroxylation is 1. The van der Waals surface area contributed by atoms with Crippen LogP contribution in [0, 0.1) is 30.3 Å². The third kappa shape index (κ3) is 3.16. The predicted molar refractivity (Wildman–Crippen MR) is 90.0 cm³/mol. The third-order valence-corrected chi connectivity index (χ3v) is 4.60. The van der Waals surface area contributed by atoms with E-state index in [1.54, 1.807) is 7.05 Å². The minimum atomic E-state index is -1.67. The summed E-state index contributed by atoms with van der Waals surface area (Å²) in [6.07, 6.45) is 0. The van der Waals surface area contributed by atoms with E-state index in [1.807, 2.05) is 31.2 Å². The lowest BCUT2D eigenvalue weighted by Crippen LogP contribution is -2.33. The zero-order valence-corrected chi connectivity index (χ0v) is 14.2. The van der Waals surface area contributed by atoms with Crippen molar-refractivity contribution in [1.82, 2.24) is 4.90 Å². The molecule has 136 valence electrons. The molecule has 3 rings (SSSR count). The summed E-state index contributed by atoms with van der Waals surface area (Å²) in [6, 6.07) is 9.07. The van der Waals surface area contributed by atoms with E-state index in [0.29, 0.717) is 12.6 Å². The minimum Gasteiger partial charge on any atom is -0.344 e. The van der Waals surface area contributed by atoms with Crippen LogP contribution in [0.4, 0.5) is 18.9 Å². The molecule has 0 unspecified atom stereocenters. The number of hydrogen-bond donors (Lipinski definition) is 1. The van der Waals surface area contributed by atoms with Gasteiger partial charge in [-0.1, -0.05) is 29.8 Å². The van der Waals surface area contributed by atoms with Crippen molar-refractivity contribution in [1.29, 1.82) is 0 Å².